The molecular formula is C13H22. The van der Waals surface area contributed by atoms with E-state index in [9.17, 15) is 0 Å². The first-order valence-electron chi connectivity index (χ1n) is 5.51. The average molecular weight is 178 g/mol. The highest BCUT2D eigenvalue weighted by Crippen LogP contribution is 2.27. The molecule has 1 aliphatic rings. The maximum Gasteiger partial charge on any atom is -0.0291 e. The number of hydrogen-bond donors (Lipinski definition) is 0. The fourth-order valence-electron chi connectivity index (χ4n) is 2.02. The van der Waals surface area contributed by atoms with E-state index < -0.39 is 0 Å². The Hall–Kier alpha value is -0.520. The van der Waals surface area contributed by atoms with Gasteiger partial charge in [0.25, 0.3) is 0 Å². The lowest BCUT2D eigenvalue weighted by Crippen LogP contribution is -2.04. The van der Waals surface area contributed by atoms with E-state index in [4.69, 9.17) is 0 Å². The topological polar surface area (TPSA) is 0 Å². The van der Waals surface area contributed by atoms with Gasteiger partial charge in [0.2, 0.25) is 0 Å². The van der Waals surface area contributed by atoms with Crippen LogP contribution >= 0.6 is 0 Å². The quantitative estimate of drug-likeness (QED) is 0.562. The summed E-state index contributed by atoms with van der Waals surface area (Å²) in [6.45, 7) is 8.45. The number of allylic oxidation sites excluding steroid dienone is 3. The van der Waals surface area contributed by atoms with Gasteiger partial charge in [0, 0.05) is 0 Å². The van der Waals surface area contributed by atoms with Crippen LogP contribution in [0.1, 0.15) is 46.0 Å². The zero-order valence-corrected chi connectivity index (χ0v) is 9.05. The summed E-state index contributed by atoms with van der Waals surface area (Å²) in [5.41, 5.74) is 1.69. The predicted molar refractivity (Wildman–Crippen MR) is 59.7 cm³/mol. The molecule has 13 heavy (non-hydrogen) atoms. The van der Waals surface area contributed by atoms with Gasteiger partial charge in [-0.3, -0.25) is 0 Å². The Labute approximate surface area is 82.7 Å². The maximum atomic E-state index is 3.79. The van der Waals surface area contributed by atoms with Gasteiger partial charge in [-0.25, -0.2) is 0 Å². The van der Waals surface area contributed by atoms with Gasteiger partial charge in [-0.05, 0) is 43.9 Å². The Morgan fingerprint density at radius 2 is 2.46 bits per heavy atom. The molecule has 0 aliphatic heterocycles. The normalized spacial score (nSPS) is 25.1. The predicted octanol–water partition coefficient (Wildman–Crippen LogP) is 4.34. The van der Waals surface area contributed by atoms with Crippen LogP contribution in [0.15, 0.2) is 24.3 Å². The van der Waals surface area contributed by atoms with Gasteiger partial charge in [-0.15, -0.1) is 6.58 Å². The fraction of sp³-hybridized carbons (Fsp3) is 0.692. The Bertz CT molecular complexity index is 188. The molecule has 1 aliphatic carbocycles. The molecule has 0 nitrogen and oxygen atoms in total. The summed E-state index contributed by atoms with van der Waals surface area (Å²) in [6, 6.07) is 0. The van der Waals surface area contributed by atoms with Crippen LogP contribution in [-0.2, 0) is 0 Å². The minimum absolute atomic E-state index is 0.789. The molecule has 0 N–H and O–H groups in total. The summed E-state index contributed by atoms with van der Waals surface area (Å²) in [5, 5.41) is 0. The zero-order chi connectivity index (χ0) is 9.68. The van der Waals surface area contributed by atoms with Crippen LogP contribution in [0, 0.1) is 11.8 Å². The van der Waals surface area contributed by atoms with Gasteiger partial charge >= 0.3 is 0 Å². The van der Waals surface area contributed by atoms with Crippen LogP contribution in [0.4, 0.5) is 0 Å². The molecule has 74 valence electrons. The average Bonchev–Trinajstić information content (AvgIpc) is 2.09. The lowest BCUT2D eigenvalue weighted by atomic mass is 9.86. The van der Waals surface area contributed by atoms with Gasteiger partial charge in [0.05, 0.1) is 0 Å². The smallest absolute Gasteiger partial charge is 0.0291 e. The van der Waals surface area contributed by atoms with Gasteiger partial charge < -0.3 is 0 Å². The highest BCUT2D eigenvalue weighted by atomic mass is 14.2. The van der Waals surface area contributed by atoms with Crippen LogP contribution in [0.3, 0.4) is 0 Å². The second-order valence-electron chi connectivity index (χ2n) is 4.58. The molecule has 0 bridgehead atoms. The second kappa shape index (κ2) is 5.26. The van der Waals surface area contributed by atoms with Crippen molar-refractivity contribution in [3.8, 4) is 0 Å². The van der Waals surface area contributed by atoms with E-state index in [2.05, 4.69) is 26.5 Å². The van der Waals surface area contributed by atoms with Gasteiger partial charge in [-0.1, -0.05) is 31.6 Å². The van der Waals surface area contributed by atoms with Crippen LogP contribution in [0.25, 0.3) is 0 Å². The lowest BCUT2D eigenvalue weighted by Gasteiger charge is -2.20. The first kappa shape index (κ1) is 10.6. The molecule has 1 rings (SSSR count). The lowest BCUT2D eigenvalue weighted by molar-refractivity contribution is 0.483. The third-order valence-electron chi connectivity index (χ3n) is 2.95. The van der Waals surface area contributed by atoms with Crippen molar-refractivity contribution in [2.24, 2.45) is 11.8 Å². The molecule has 0 aromatic heterocycles. The van der Waals surface area contributed by atoms with Gasteiger partial charge in [-0.2, -0.15) is 0 Å². The molecule has 0 radical (unpaired) electrons. The summed E-state index contributed by atoms with van der Waals surface area (Å²) < 4.78 is 0. The molecule has 0 spiro atoms. The Morgan fingerprint density at radius 3 is 3.00 bits per heavy atom. The molecule has 2 atom stereocenters. The summed E-state index contributed by atoms with van der Waals surface area (Å²) in [7, 11) is 0. The Balaban J connectivity index is 2.32. The Kier molecular flexibility index (Phi) is 4.27. The zero-order valence-electron chi connectivity index (χ0n) is 9.05. The van der Waals surface area contributed by atoms with Crippen LogP contribution in [-0.4, -0.2) is 0 Å². The largest absolute Gasteiger partial charge is 0.103 e. The number of hydrogen-bond acceptors (Lipinski definition) is 0. The van der Waals surface area contributed by atoms with Crippen molar-refractivity contribution in [2.75, 3.05) is 0 Å². The molecule has 0 fully saturated rings. The second-order valence-corrected chi connectivity index (χ2v) is 4.58. The third-order valence-corrected chi connectivity index (χ3v) is 2.95. The van der Waals surface area contributed by atoms with E-state index in [0.29, 0.717) is 0 Å². The van der Waals surface area contributed by atoms with Gasteiger partial charge in [0.15, 0.2) is 0 Å². The van der Waals surface area contributed by atoms with E-state index in [-0.39, 0.29) is 0 Å². The van der Waals surface area contributed by atoms with Crippen molar-refractivity contribution in [3.05, 3.63) is 24.3 Å². The molecular weight excluding hydrogens is 156 g/mol. The van der Waals surface area contributed by atoms with E-state index in [1.165, 1.54) is 25.7 Å². The SMILES string of the molecule is C=CCC(C)CC1=CCC(C)CC1. The molecule has 0 heterocycles. The van der Waals surface area contributed by atoms with Crippen LogP contribution in [0.2, 0.25) is 0 Å². The minimum Gasteiger partial charge on any atom is -0.103 e. The van der Waals surface area contributed by atoms with E-state index >= 15 is 0 Å². The van der Waals surface area contributed by atoms with Crippen molar-refractivity contribution in [1.82, 2.24) is 0 Å². The monoisotopic (exact) mass is 178 g/mol. The molecule has 0 saturated carbocycles. The molecule has 0 amide bonds. The minimum atomic E-state index is 0.789. The van der Waals surface area contributed by atoms with E-state index in [1.807, 2.05) is 6.08 Å². The van der Waals surface area contributed by atoms with E-state index in [0.717, 1.165) is 18.3 Å². The van der Waals surface area contributed by atoms with E-state index in [1.54, 1.807) is 5.57 Å². The van der Waals surface area contributed by atoms with Crippen molar-refractivity contribution < 1.29 is 0 Å². The van der Waals surface area contributed by atoms with Crippen LogP contribution in [0.5, 0.6) is 0 Å². The first-order valence-corrected chi connectivity index (χ1v) is 5.51. The highest BCUT2D eigenvalue weighted by Gasteiger charge is 2.11. The molecule has 0 heteroatoms. The maximum absolute atomic E-state index is 3.79. The number of rotatable bonds is 4. The van der Waals surface area contributed by atoms with Crippen molar-refractivity contribution in [2.45, 2.75) is 46.0 Å². The van der Waals surface area contributed by atoms with Crippen molar-refractivity contribution >= 4 is 0 Å². The van der Waals surface area contributed by atoms with Crippen molar-refractivity contribution in [3.63, 3.8) is 0 Å². The first-order chi connectivity index (χ1) is 6.22. The summed E-state index contributed by atoms with van der Waals surface area (Å²) in [6.07, 6.45) is 11.0. The molecule has 0 aromatic rings. The highest BCUT2D eigenvalue weighted by molar-refractivity contribution is 5.07. The Morgan fingerprint density at radius 1 is 1.69 bits per heavy atom. The summed E-state index contributed by atoms with van der Waals surface area (Å²) >= 11 is 0. The van der Waals surface area contributed by atoms with Crippen LogP contribution < -0.4 is 0 Å². The summed E-state index contributed by atoms with van der Waals surface area (Å²) in [5.74, 6) is 1.70. The van der Waals surface area contributed by atoms with Crippen molar-refractivity contribution in [1.29, 1.82) is 0 Å². The van der Waals surface area contributed by atoms with Gasteiger partial charge in [0.1, 0.15) is 0 Å². The fourth-order valence-corrected chi connectivity index (χ4v) is 2.02. The molecule has 0 saturated heterocycles. The standard InChI is InChI=1S/C13H22/c1-4-5-12(3)10-13-8-6-11(2)7-9-13/h4,8,11-12H,1,5-7,9-10H2,2-3H3. The molecule has 0 aromatic carbocycles. The molecule has 2 unspecified atom stereocenters. The summed E-state index contributed by atoms with van der Waals surface area (Å²) in [4.78, 5) is 0. The third kappa shape index (κ3) is 3.80.